The summed E-state index contributed by atoms with van der Waals surface area (Å²) in [7, 11) is 3.03. The van der Waals surface area contributed by atoms with E-state index in [2.05, 4.69) is 11.1 Å². The van der Waals surface area contributed by atoms with Crippen LogP contribution in [0.4, 0.5) is 0 Å². The minimum Gasteiger partial charge on any atom is -0.497 e. The van der Waals surface area contributed by atoms with E-state index in [1.165, 1.54) is 12.7 Å². The van der Waals surface area contributed by atoms with Crippen LogP contribution in [-0.4, -0.2) is 42.5 Å². The third kappa shape index (κ3) is 5.37. The van der Waals surface area contributed by atoms with Gasteiger partial charge in [0.15, 0.2) is 0 Å². The van der Waals surface area contributed by atoms with Gasteiger partial charge in [-0.2, -0.15) is 0 Å². The maximum absolute atomic E-state index is 13.4. The number of nitrogens with zero attached hydrogens (tertiary/aromatic N) is 1. The Morgan fingerprint density at radius 3 is 2.45 bits per heavy atom. The van der Waals surface area contributed by atoms with Crippen molar-refractivity contribution in [2.45, 2.75) is 38.3 Å². The van der Waals surface area contributed by atoms with Crippen LogP contribution in [0.25, 0.3) is 10.9 Å². The van der Waals surface area contributed by atoms with E-state index in [0.29, 0.717) is 19.6 Å². The number of carbonyl (C=O) groups is 2. The average molecular weight is 513 g/mol. The van der Waals surface area contributed by atoms with Crippen LogP contribution in [0.2, 0.25) is 0 Å². The van der Waals surface area contributed by atoms with E-state index in [4.69, 9.17) is 14.2 Å². The van der Waals surface area contributed by atoms with Crippen molar-refractivity contribution < 1.29 is 23.8 Å². The molecule has 3 aromatic carbocycles. The Morgan fingerprint density at radius 2 is 1.71 bits per heavy atom. The average Bonchev–Trinajstić information content (AvgIpc) is 3.34. The first-order valence-corrected chi connectivity index (χ1v) is 12.9. The molecule has 7 nitrogen and oxygen atoms in total. The summed E-state index contributed by atoms with van der Waals surface area (Å²) in [5.74, 6) is 1.29. The molecule has 4 aromatic rings. The van der Waals surface area contributed by atoms with Crippen LogP contribution in [0.3, 0.4) is 0 Å². The van der Waals surface area contributed by atoms with Gasteiger partial charge in [0.25, 0.3) is 0 Å². The third-order valence-electron chi connectivity index (χ3n) is 7.10. The fraction of sp³-hybridized carbons (Fsp3) is 0.290. The number of ether oxygens (including phenoxy) is 3. The highest BCUT2D eigenvalue weighted by Crippen LogP contribution is 2.40. The molecule has 0 saturated carbocycles. The van der Waals surface area contributed by atoms with Crippen molar-refractivity contribution in [3.63, 3.8) is 0 Å². The van der Waals surface area contributed by atoms with Crippen LogP contribution in [0.15, 0.2) is 72.8 Å². The Kier molecular flexibility index (Phi) is 7.63. The second-order valence-electron chi connectivity index (χ2n) is 9.44. The molecule has 0 saturated heterocycles. The maximum atomic E-state index is 13.4. The molecule has 0 radical (unpaired) electrons. The lowest BCUT2D eigenvalue weighted by Crippen LogP contribution is -2.40. The number of carbonyl (C=O) groups excluding carboxylic acids is 2. The Morgan fingerprint density at radius 1 is 0.947 bits per heavy atom. The molecule has 0 unspecified atom stereocenters. The molecule has 1 atom stereocenters. The van der Waals surface area contributed by atoms with Gasteiger partial charge in [-0.15, -0.1) is 0 Å². The van der Waals surface area contributed by atoms with Crippen LogP contribution < -0.4 is 9.47 Å². The number of methoxy groups -OCH3 is 2. The van der Waals surface area contributed by atoms with Crippen LogP contribution in [0.1, 0.15) is 47.7 Å². The fourth-order valence-electron chi connectivity index (χ4n) is 5.13. The first-order valence-electron chi connectivity index (χ1n) is 12.9. The summed E-state index contributed by atoms with van der Waals surface area (Å²) in [5, 5.41) is 1.12. The lowest BCUT2D eigenvalue weighted by atomic mass is 9.91. The molecular formula is C31H32N2O5. The molecule has 0 fully saturated rings. The van der Waals surface area contributed by atoms with Crippen LogP contribution in [-0.2, 0) is 27.4 Å². The van der Waals surface area contributed by atoms with E-state index < -0.39 is 0 Å². The Bertz CT molecular complexity index is 1410. The van der Waals surface area contributed by atoms with Crippen LogP contribution >= 0.6 is 0 Å². The number of hydrogen-bond acceptors (Lipinski definition) is 5. The van der Waals surface area contributed by atoms with Gasteiger partial charge in [-0.05, 0) is 59.9 Å². The van der Waals surface area contributed by atoms with E-state index >= 15 is 0 Å². The molecule has 5 rings (SSSR count). The predicted molar refractivity (Wildman–Crippen MR) is 145 cm³/mol. The van der Waals surface area contributed by atoms with Gasteiger partial charge in [0.1, 0.15) is 18.1 Å². The second kappa shape index (κ2) is 11.4. The SMILES string of the molecule is COC(=O)CCCC(=O)N1CCc2c([nH]c3ccc(OC)cc23)[C@H]1c1ccc(OCc2ccccc2)cc1. The standard InChI is InChI=1S/C31H32N2O5/c1-36-24-15-16-27-26(19-24)25-17-18-33(28(34)9-6-10-29(35)37-2)31(30(25)32-27)22-11-13-23(14-12-22)38-20-21-7-4-3-5-8-21/h3-5,7-8,11-16,19,31-32H,6,9-10,17-18,20H2,1-2H3/t31-/m1/s1. The van der Waals surface area contributed by atoms with E-state index in [9.17, 15) is 9.59 Å². The van der Waals surface area contributed by atoms with E-state index in [1.807, 2.05) is 71.6 Å². The summed E-state index contributed by atoms with van der Waals surface area (Å²) in [6.07, 6.45) is 1.71. The molecule has 0 aliphatic carbocycles. The summed E-state index contributed by atoms with van der Waals surface area (Å²) in [6, 6.07) is 23.8. The highest BCUT2D eigenvalue weighted by molar-refractivity contribution is 5.88. The Labute approximate surface area is 222 Å². The molecule has 0 bridgehead atoms. The number of hydrogen-bond donors (Lipinski definition) is 1. The molecule has 1 aliphatic heterocycles. The maximum Gasteiger partial charge on any atom is 0.305 e. The van der Waals surface area contributed by atoms with Gasteiger partial charge in [0.2, 0.25) is 5.91 Å². The number of nitrogens with one attached hydrogen (secondary N) is 1. The molecule has 1 amide bonds. The van der Waals surface area contributed by atoms with Gasteiger partial charge >= 0.3 is 5.97 Å². The lowest BCUT2D eigenvalue weighted by molar-refractivity contribution is -0.141. The quantitative estimate of drug-likeness (QED) is 0.297. The van der Waals surface area contributed by atoms with E-state index in [1.54, 1.807) is 7.11 Å². The number of esters is 1. The molecule has 7 heteroatoms. The van der Waals surface area contributed by atoms with Crippen molar-refractivity contribution in [2.75, 3.05) is 20.8 Å². The number of H-pyrrole nitrogens is 1. The smallest absolute Gasteiger partial charge is 0.305 e. The first kappa shape index (κ1) is 25.4. The minimum absolute atomic E-state index is 0.0187. The summed E-state index contributed by atoms with van der Waals surface area (Å²) < 4.78 is 16.2. The van der Waals surface area contributed by atoms with Gasteiger partial charge < -0.3 is 24.1 Å². The number of benzene rings is 3. The Balaban J connectivity index is 1.43. The number of amides is 1. The molecule has 2 heterocycles. The molecule has 1 aliphatic rings. The monoisotopic (exact) mass is 512 g/mol. The second-order valence-corrected chi connectivity index (χ2v) is 9.44. The lowest BCUT2D eigenvalue weighted by Gasteiger charge is -2.36. The summed E-state index contributed by atoms with van der Waals surface area (Å²) in [4.78, 5) is 30.5. The molecule has 1 N–H and O–H groups in total. The van der Waals surface area contributed by atoms with E-state index in [0.717, 1.165) is 45.6 Å². The Hall–Kier alpha value is -4.26. The van der Waals surface area contributed by atoms with Gasteiger partial charge in [-0.3, -0.25) is 9.59 Å². The molecule has 0 spiro atoms. The predicted octanol–water partition coefficient (Wildman–Crippen LogP) is 5.57. The minimum atomic E-state index is -0.300. The largest absolute Gasteiger partial charge is 0.497 e. The zero-order chi connectivity index (χ0) is 26.5. The molecule has 1 aromatic heterocycles. The molecular weight excluding hydrogens is 480 g/mol. The van der Waals surface area contributed by atoms with Crippen LogP contribution in [0.5, 0.6) is 11.5 Å². The van der Waals surface area contributed by atoms with Crippen molar-refractivity contribution >= 4 is 22.8 Å². The van der Waals surface area contributed by atoms with Crippen molar-refractivity contribution in [2.24, 2.45) is 0 Å². The number of aromatic amines is 1. The summed E-state index contributed by atoms with van der Waals surface area (Å²) >= 11 is 0. The van der Waals surface area contributed by atoms with Crippen LogP contribution in [0, 0.1) is 0 Å². The number of fused-ring (bicyclic) bond motifs is 3. The molecule has 38 heavy (non-hydrogen) atoms. The van der Waals surface area contributed by atoms with Crippen molar-refractivity contribution in [3.05, 3.63) is 95.2 Å². The van der Waals surface area contributed by atoms with Gasteiger partial charge in [0, 0.05) is 36.0 Å². The summed E-state index contributed by atoms with van der Waals surface area (Å²) in [5.41, 5.74) is 5.33. The number of rotatable bonds is 9. The summed E-state index contributed by atoms with van der Waals surface area (Å²) in [6.45, 7) is 1.08. The van der Waals surface area contributed by atoms with Crippen molar-refractivity contribution in [3.8, 4) is 11.5 Å². The zero-order valence-electron chi connectivity index (χ0n) is 21.7. The number of aromatic nitrogens is 1. The van der Waals surface area contributed by atoms with Crippen molar-refractivity contribution in [1.29, 1.82) is 0 Å². The van der Waals surface area contributed by atoms with Gasteiger partial charge in [-0.25, -0.2) is 0 Å². The topological polar surface area (TPSA) is 80.9 Å². The van der Waals surface area contributed by atoms with E-state index in [-0.39, 0.29) is 30.8 Å². The highest BCUT2D eigenvalue weighted by Gasteiger charge is 2.34. The fourth-order valence-corrected chi connectivity index (χ4v) is 5.13. The highest BCUT2D eigenvalue weighted by atomic mass is 16.5. The first-order chi connectivity index (χ1) is 18.6. The third-order valence-corrected chi connectivity index (χ3v) is 7.10. The van der Waals surface area contributed by atoms with Gasteiger partial charge in [-0.1, -0.05) is 42.5 Å². The molecule has 196 valence electrons. The normalized spacial score (nSPS) is 14.7. The van der Waals surface area contributed by atoms with Crippen molar-refractivity contribution in [1.82, 2.24) is 9.88 Å². The zero-order valence-corrected chi connectivity index (χ0v) is 21.7. The van der Waals surface area contributed by atoms with Gasteiger partial charge in [0.05, 0.1) is 20.3 Å².